The molecule has 1 radical (unpaired) electrons. The van der Waals surface area contributed by atoms with Crippen LogP contribution in [0.15, 0.2) is 53.4 Å². The standard InChI is InChI=1S/C12H9FNO2S/c13-11-8-4-5-9-12(11)17(15,16)14-10-6-2-1-3-7-10/h1-6,8-9,14H. The van der Waals surface area contributed by atoms with Crippen molar-refractivity contribution in [3.63, 3.8) is 0 Å². The molecule has 5 heteroatoms. The number of sulfonamides is 1. The van der Waals surface area contributed by atoms with Crippen molar-refractivity contribution in [3.05, 3.63) is 60.4 Å². The highest BCUT2D eigenvalue weighted by Crippen LogP contribution is 2.17. The zero-order valence-electron chi connectivity index (χ0n) is 8.72. The Morgan fingerprint density at radius 1 is 1.06 bits per heavy atom. The van der Waals surface area contributed by atoms with Crippen molar-refractivity contribution in [2.75, 3.05) is 4.72 Å². The van der Waals surface area contributed by atoms with Crippen molar-refractivity contribution in [3.8, 4) is 0 Å². The largest absolute Gasteiger partial charge is 0.279 e. The third-order valence-corrected chi connectivity index (χ3v) is 3.48. The Labute approximate surface area is 99.0 Å². The highest BCUT2D eigenvalue weighted by atomic mass is 32.2. The van der Waals surface area contributed by atoms with Crippen molar-refractivity contribution in [2.45, 2.75) is 4.90 Å². The van der Waals surface area contributed by atoms with Gasteiger partial charge in [-0.05, 0) is 18.2 Å². The number of anilines is 1. The molecule has 0 aliphatic heterocycles. The summed E-state index contributed by atoms with van der Waals surface area (Å²) in [6.07, 6.45) is 0. The fraction of sp³-hybridized carbons (Fsp3) is 0. The SMILES string of the molecule is O=S(=O)(Nc1[c]cccc1)c1ccccc1F. The molecule has 0 heterocycles. The van der Waals surface area contributed by atoms with Gasteiger partial charge in [-0.15, -0.1) is 0 Å². The Morgan fingerprint density at radius 3 is 2.41 bits per heavy atom. The molecule has 0 aliphatic rings. The van der Waals surface area contributed by atoms with Crippen LogP contribution in [0.5, 0.6) is 0 Å². The van der Waals surface area contributed by atoms with E-state index in [2.05, 4.69) is 10.8 Å². The summed E-state index contributed by atoms with van der Waals surface area (Å²) in [5.41, 5.74) is 0.274. The molecule has 17 heavy (non-hydrogen) atoms. The van der Waals surface area contributed by atoms with E-state index < -0.39 is 15.8 Å². The molecule has 87 valence electrons. The molecule has 0 amide bonds. The summed E-state index contributed by atoms with van der Waals surface area (Å²) in [6, 6.07) is 14.4. The van der Waals surface area contributed by atoms with Gasteiger partial charge < -0.3 is 0 Å². The van der Waals surface area contributed by atoms with E-state index in [1.807, 2.05) is 0 Å². The minimum atomic E-state index is -3.90. The van der Waals surface area contributed by atoms with Crippen molar-refractivity contribution in [2.24, 2.45) is 0 Å². The number of benzene rings is 2. The molecule has 0 fully saturated rings. The van der Waals surface area contributed by atoms with E-state index in [0.717, 1.165) is 6.07 Å². The van der Waals surface area contributed by atoms with E-state index in [9.17, 15) is 12.8 Å². The lowest BCUT2D eigenvalue weighted by Gasteiger charge is -2.07. The monoisotopic (exact) mass is 250 g/mol. The third-order valence-electron chi connectivity index (χ3n) is 2.08. The molecule has 2 aromatic rings. The molecule has 0 aliphatic carbocycles. The summed E-state index contributed by atoms with van der Waals surface area (Å²) in [6.45, 7) is 0. The van der Waals surface area contributed by atoms with Crippen LogP contribution in [0, 0.1) is 11.9 Å². The van der Waals surface area contributed by atoms with Gasteiger partial charge in [-0.1, -0.05) is 30.3 Å². The molecule has 1 N–H and O–H groups in total. The second-order valence-electron chi connectivity index (χ2n) is 3.31. The van der Waals surface area contributed by atoms with Gasteiger partial charge >= 0.3 is 0 Å². The van der Waals surface area contributed by atoms with Crippen LogP contribution in [-0.4, -0.2) is 8.42 Å². The smallest absolute Gasteiger partial charge is 0.264 e. The van der Waals surface area contributed by atoms with E-state index in [-0.39, 0.29) is 10.6 Å². The van der Waals surface area contributed by atoms with Gasteiger partial charge in [0.2, 0.25) is 0 Å². The number of nitrogens with one attached hydrogen (secondary N) is 1. The Balaban J connectivity index is 2.36. The quantitative estimate of drug-likeness (QED) is 0.909. The van der Waals surface area contributed by atoms with Gasteiger partial charge in [-0.2, -0.15) is 0 Å². The second-order valence-corrected chi connectivity index (χ2v) is 4.96. The molecule has 2 rings (SSSR count). The maximum Gasteiger partial charge on any atom is 0.264 e. The number of hydrogen-bond donors (Lipinski definition) is 1. The first kappa shape index (κ1) is 11.6. The maximum atomic E-state index is 13.4. The zero-order valence-corrected chi connectivity index (χ0v) is 9.54. The topological polar surface area (TPSA) is 46.2 Å². The summed E-state index contributed by atoms with van der Waals surface area (Å²) in [5.74, 6) is -0.782. The molecule has 0 saturated heterocycles. The lowest BCUT2D eigenvalue weighted by molar-refractivity contribution is 0.570. The second kappa shape index (κ2) is 4.55. The average molecular weight is 250 g/mol. The first-order chi connectivity index (χ1) is 8.09. The van der Waals surface area contributed by atoms with Crippen LogP contribution in [0.1, 0.15) is 0 Å². The minimum absolute atomic E-state index is 0.274. The lowest BCUT2D eigenvalue weighted by Crippen LogP contribution is -2.14. The summed E-state index contributed by atoms with van der Waals surface area (Å²) in [5, 5.41) is 0. The third kappa shape index (κ3) is 2.62. The van der Waals surface area contributed by atoms with Gasteiger partial charge in [0, 0.05) is 6.07 Å². The molecule has 2 aromatic carbocycles. The van der Waals surface area contributed by atoms with E-state index in [1.54, 1.807) is 24.3 Å². The van der Waals surface area contributed by atoms with E-state index in [1.165, 1.54) is 18.2 Å². The molecule has 0 spiro atoms. The fourth-order valence-electron chi connectivity index (χ4n) is 1.32. The number of rotatable bonds is 3. The molecular weight excluding hydrogens is 241 g/mol. The van der Waals surface area contributed by atoms with E-state index in [0.29, 0.717) is 0 Å². The lowest BCUT2D eigenvalue weighted by atomic mass is 10.3. The zero-order chi connectivity index (χ0) is 12.3. The molecule has 0 aromatic heterocycles. The first-order valence-corrected chi connectivity index (χ1v) is 6.32. The van der Waals surface area contributed by atoms with Crippen LogP contribution in [0.25, 0.3) is 0 Å². The number of hydrogen-bond acceptors (Lipinski definition) is 2. The molecule has 0 saturated carbocycles. The van der Waals surface area contributed by atoms with Gasteiger partial charge in [0.1, 0.15) is 10.7 Å². The normalized spacial score (nSPS) is 11.1. The van der Waals surface area contributed by atoms with E-state index >= 15 is 0 Å². The molecule has 3 nitrogen and oxygen atoms in total. The molecule has 0 unspecified atom stereocenters. The highest BCUT2D eigenvalue weighted by molar-refractivity contribution is 7.92. The van der Waals surface area contributed by atoms with Gasteiger partial charge in [0.15, 0.2) is 0 Å². The Morgan fingerprint density at radius 2 is 1.76 bits per heavy atom. The van der Waals surface area contributed by atoms with Crippen LogP contribution >= 0.6 is 0 Å². The number of para-hydroxylation sites is 1. The summed E-state index contributed by atoms with van der Waals surface area (Å²) in [4.78, 5) is -0.378. The Bertz CT molecular complexity index is 611. The van der Waals surface area contributed by atoms with Crippen LogP contribution in [0.3, 0.4) is 0 Å². The average Bonchev–Trinajstić information content (AvgIpc) is 2.30. The Hall–Kier alpha value is -1.88. The highest BCUT2D eigenvalue weighted by Gasteiger charge is 2.18. The van der Waals surface area contributed by atoms with Gasteiger partial charge in [-0.25, -0.2) is 12.8 Å². The number of halogens is 1. The van der Waals surface area contributed by atoms with Crippen LogP contribution in [-0.2, 0) is 10.0 Å². The van der Waals surface area contributed by atoms with Crippen LogP contribution < -0.4 is 4.72 Å². The molecular formula is C12H9FNO2S. The van der Waals surface area contributed by atoms with Gasteiger partial charge in [0.05, 0.1) is 5.69 Å². The maximum absolute atomic E-state index is 13.4. The van der Waals surface area contributed by atoms with Crippen molar-refractivity contribution in [1.29, 1.82) is 0 Å². The fourth-order valence-corrected chi connectivity index (χ4v) is 2.43. The summed E-state index contributed by atoms with van der Waals surface area (Å²) in [7, 11) is -3.90. The van der Waals surface area contributed by atoms with Crippen LogP contribution in [0.2, 0.25) is 0 Å². The summed E-state index contributed by atoms with van der Waals surface area (Å²) < 4.78 is 39.3. The summed E-state index contributed by atoms with van der Waals surface area (Å²) >= 11 is 0. The predicted molar refractivity (Wildman–Crippen MR) is 62.5 cm³/mol. The molecule has 0 atom stereocenters. The minimum Gasteiger partial charge on any atom is -0.279 e. The van der Waals surface area contributed by atoms with Crippen molar-refractivity contribution < 1.29 is 12.8 Å². The predicted octanol–water partition coefficient (Wildman–Crippen LogP) is 2.43. The Kier molecular flexibility index (Phi) is 3.10. The van der Waals surface area contributed by atoms with Gasteiger partial charge in [-0.3, -0.25) is 4.72 Å². The van der Waals surface area contributed by atoms with Crippen molar-refractivity contribution >= 4 is 15.7 Å². The first-order valence-electron chi connectivity index (χ1n) is 4.84. The molecule has 0 bridgehead atoms. The van der Waals surface area contributed by atoms with Crippen LogP contribution in [0.4, 0.5) is 10.1 Å². The van der Waals surface area contributed by atoms with Gasteiger partial charge in [0.25, 0.3) is 10.0 Å². The van der Waals surface area contributed by atoms with Crippen molar-refractivity contribution in [1.82, 2.24) is 0 Å². The van der Waals surface area contributed by atoms with E-state index in [4.69, 9.17) is 0 Å².